The Kier molecular flexibility index (Phi) is 7.09. The number of Topliss-reactive ketones (excluding diaryl/α,β-unsaturated/α-hetero) is 1. The van der Waals surface area contributed by atoms with Crippen molar-refractivity contribution < 1.29 is 33.7 Å². The Morgan fingerprint density at radius 3 is 2.16 bits per heavy atom. The normalized spacial score (nSPS) is 17.1. The highest BCUT2D eigenvalue weighted by atomic mass is 19.1. The number of benzene rings is 3. The summed E-state index contributed by atoms with van der Waals surface area (Å²) in [5, 5.41) is 20.5. The second-order valence-corrected chi connectivity index (χ2v) is 10.1. The second-order valence-electron chi connectivity index (χ2n) is 10.1. The molecule has 3 aromatic carbocycles. The van der Waals surface area contributed by atoms with Gasteiger partial charge in [0.15, 0.2) is 0 Å². The first-order valence-corrected chi connectivity index (χ1v) is 12.0. The Morgan fingerprint density at radius 2 is 1.61 bits per heavy atom. The van der Waals surface area contributed by atoms with Crippen molar-refractivity contribution in [3.63, 3.8) is 0 Å². The first-order chi connectivity index (χ1) is 17.9. The third-order valence-electron chi connectivity index (χ3n) is 6.60. The quantitative estimate of drug-likeness (QED) is 0.256. The van der Waals surface area contributed by atoms with E-state index in [9.17, 15) is 29.0 Å². The van der Waals surface area contributed by atoms with Crippen LogP contribution in [0.25, 0.3) is 5.76 Å². The monoisotopic (exact) mass is 517 g/mol. The summed E-state index contributed by atoms with van der Waals surface area (Å²) in [6.07, 6.45) is 0. The molecule has 0 saturated carbocycles. The lowest BCUT2D eigenvalue weighted by molar-refractivity contribution is -0.140. The SMILES string of the molecule is COc1ccc(F)cc1/C(O)=C1\C(=O)C(=O)N(Cc2ccc(C(=O)O)cc2)C1c1ccc(C(C)(C)C)cc1. The van der Waals surface area contributed by atoms with Crippen LogP contribution in [-0.4, -0.2) is 39.9 Å². The van der Waals surface area contributed by atoms with Crippen molar-refractivity contribution in [2.75, 3.05) is 7.11 Å². The van der Waals surface area contributed by atoms with Gasteiger partial charge < -0.3 is 19.8 Å². The maximum atomic E-state index is 14.1. The van der Waals surface area contributed by atoms with Crippen LogP contribution in [0.3, 0.4) is 0 Å². The predicted octanol–water partition coefficient (Wildman–Crippen LogP) is 5.45. The zero-order valence-corrected chi connectivity index (χ0v) is 21.5. The number of ether oxygens (including phenoxy) is 1. The number of amides is 1. The van der Waals surface area contributed by atoms with Gasteiger partial charge >= 0.3 is 5.97 Å². The molecule has 1 unspecified atom stereocenters. The van der Waals surface area contributed by atoms with Crippen LogP contribution in [0.4, 0.5) is 4.39 Å². The van der Waals surface area contributed by atoms with Crippen molar-refractivity contribution in [3.8, 4) is 5.75 Å². The van der Waals surface area contributed by atoms with Crippen LogP contribution in [0, 0.1) is 5.82 Å². The molecule has 0 bridgehead atoms. The van der Waals surface area contributed by atoms with E-state index in [1.807, 2.05) is 12.1 Å². The summed E-state index contributed by atoms with van der Waals surface area (Å²) in [5.41, 5.74) is 1.92. The molecule has 0 aromatic heterocycles. The van der Waals surface area contributed by atoms with Crippen LogP contribution >= 0.6 is 0 Å². The third kappa shape index (κ3) is 5.02. The fraction of sp³-hybridized carbons (Fsp3) is 0.233. The number of halogens is 1. The Balaban J connectivity index is 1.87. The van der Waals surface area contributed by atoms with E-state index in [2.05, 4.69) is 20.8 Å². The number of likely N-dealkylation sites (tertiary alicyclic amines) is 1. The minimum Gasteiger partial charge on any atom is -0.507 e. The highest BCUT2D eigenvalue weighted by Crippen LogP contribution is 2.42. The molecule has 1 heterocycles. The molecule has 0 aliphatic carbocycles. The summed E-state index contributed by atoms with van der Waals surface area (Å²) in [7, 11) is 1.35. The maximum Gasteiger partial charge on any atom is 0.335 e. The zero-order valence-electron chi connectivity index (χ0n) is 21.5. The van der Waals surface area contributed by atoms with Gasteiger partial charge in [0.2, 0.25) is 0 Å². The highest BCUT2D eigenvalue weighted by Gasteiger charge is 2.46. The fourth-order valence-electron chi connectivity index (χ4n) is 4.51. The van der Waals surface area contributed by atoms with Crippen LogP contribution in [0.5, 0.6) is 5.75 Å². The van der Waals surface area contributed by atoms with E-state index in [1.165, 1.54) is 30.2 Å². The van der Waals surface area contributed by atoms with Gasteiger partial charge in [0.05, 0.1) is 29.9 Å². The maximum absolute atomic E-state index is 14.1. The van der Waals surface area contributed by atoms with Crippen molar-refractivity contribution in [3.05, 3.63) is 106 Å². The van der Waals surface area contributed by atoms with Crippen LogP contribution in [0.2, 0.25) is 0 Å². The van der Waals surface area contributed by atoms with E-state index in [0.29, 0.717) is 11.1 Å². The number of carbonyl (C=O) groups is 3. The van der Waals surface area contributed by atoms with Gasteiger partial charge in [-0.2, -0.15) is 0 Å². The number of carbonyl (C=O) groups excluding carboxylic acids is 2. The second kappa shape index (κ2) is 10.1. The number of hydrogen-bond acceptors (Lipinski definition) is 5. The van der Waals surface area contributed by atoms with Crippen molar-refractivity contribution in [1.29, 1.82) is 0 Å². The molecule has 1 saturated heterocycles. The topological polar surface area (TPSA) is 104 Å². The van der Waals surface area contributed by atoms with Gasteiger partial charge in [-0.05, 0) is 52.4 Å². The smallest absolute Gasteiger partial charge is 0.335 e. The molecular formula is C30H28FNO6. The summed E-state index contributed by atoms with van der Waals surface area (Å²) in [5.74, 6) is -3.89. The van der Waals surface area contributed by atoms with Gasteiger partial charge in [0.1, 0.15) is 17.3 Å². The van der Waals surface area contributed by atoms with Crippen molar-refractivity contribution in [1.82, 2.24) is 4.90 Å². The molecular weight excluding hydrogens is 489 g/mol. The van der Waals surface area contributed by atoms with Gasteiger partial charge in [0.25, 0.3) is 11.7 Å². The Labute approximate surface area is 219 Å². The first-order valence-electron chi connectivity index (χ1n) is 12.0. The standard InChI is InChI=1S/C30H28FNO6/c1-30(2,3)20-11-9-18(10-12-20)25-24(26(33)22-15-21(31)13-14-23(22)38-4)27(34)28(35)32(25)16-17-5-7-19(8-6-17)29(36)37/h5-15,25,33H,16H2,1-4H3,(H,36,37)/b26-24+. The minimum absolute atomic E-state index is 0.0206. The average molecular weight is 518 g/mol. The summed E-state index contributed by atoms with van der Waals surface area (Å²) < 4.78 is 19.4. The molecule has 1 amide bonds. The lowest BCUT2D eigenvalue weighted by Crippen LogP contribution is -2.29. The van der Waals surface area contributed by atoms with Gasteiger partial charge in [-0.3, -0.25) is 9.59 Å². The van der Waals surface area contributed by atoms with Gasteiger partial charge in [-0.1, -0.05) is 57.2 Å². The summed E-state index contributed by atoms with van der Waals surface area (Å²) in [6.45, 7) is 6.16. The van der Waals surface area contributed by atoms with E-state index < -0.39 is 35.3 Å². The largest absolute Gasteiger partial charge is 0.507 e. The zero-order chi connectivity index (χ0) is 27.8. The third-order valence-corrected chi connectivity index (χ3v) is 6.60. The number of aliphatic hydroxyl groups is 1. The van der Waals surface area contributed by atoms with E-state index in [4.69, 9.17) is 4.74 Å². The van der Waals surface area contributed by atoms with E-state index in [-0.39, 0.29) is 34.4 Å². The van der Waals surface area contributed by atoms with Crippen LogP contribution in [-0.2, 0) is 21.5 Å². The number of carboxylic acids is 1. The minimum atomic E-state index is -1.08. The average Bonchev–Trinajstić information content (AvgIpc) is 3.13. The van der Waals surface area contributed by atoms with E-state index >= 15 is 0 Å². The summed E-state index contributed by atoms with van der Waals surface area (Å²) in [6, 6.07) is 15.9. The van der Waals surface area contributed by atoms with E-state index in [1.54, 1.807) is 24.3 Å². The van der Waals surface area contributed by atoms with Crippen LogP contribution in [0.15, 0.2) is 72.3 Å². The Hall–Kier alpha value is -4.46. The molecule has 2 N–H and O–H groups in total. The molecule has 1 fully saturated rings. The van der Waals surface area contributed by atoms with Crippen molar-refractivity contribution >= 4 is 23.4 Å². The molecule has 1 aliphatic rings. The molecule has 4 rings (SSSR count). The lowest BCUT2D eigenvalue weighted by atomic mass is 9.85. The highest BCUT2D eigenvalue weighted by molar-refractivity contribution is 6.46. The number of aliphatic hydroxyl groups excluding tert-OH is 1. The lowest BCUT2D eigenvalue weighted by Gasteiger charge is -2.27. The van der Waals surface area contributed by atoms with Gasteiger partial charge in [-0.25, -0.2) is 9.18 Å². The van der Waals surface area contributed by atoms with Crippen LogP contribution < -0.4 is 4.74 Å². The predicted molar refractivity (Wildman–Crippen MR) is 139 cm³/mol. The molecule has 38 heavy (non-hydrogen) atoms. The molecule has 7 nitrogen and oxygen atoms in total. The Morgan fingerprint density at radius 1 is 0.974 bits per heavy atom. The van der Waals surface area contributed by atoms with Gasteiger partial charge in [-0.15, -0.1) is 0 Å². The number of hydrogen-bond donors (Lipinski definition) is 2. The molecule has 1 aliphatic heterocycles. The molecule has 0 radical (unpaired) electrons. The number of aromatic carboxylic acids is 1. The molecule has 3 aromatic rings. The number of nitrogens with zero attached hydrogens (tertiary/aromatic N) is 1. The molecule has 1 atom stereocenters. The van der Waals surface area contributed by atoms with Gasteiger partial charge in [0, 0.05) is 6.54 Å². The van der Waals surface area contributed by atoms with E-state index in [0.717, 1.165) is 17.7 Å². The summed E-state index contributed by atoms with van der Waals surface area (Å²) >= 11 is 0. The molecule has 8 heteroatoms. The number of ketones is 1. The number of rotatable bonds is 6. The molecule has 0 spiro atoms. The van der Waals surface area contributed by atoms with Crippen LogP contribution in [0.1, 0.15) is 59.4 Å². The Bertz CT molecular complexity index is 1440. The number of methoxy groups -OCH3 is 1. The molecule has 196 valence electrons. The van der Waals surface area contributed by atoms with Crippen molar-refractivity contribution in [2.45, 2.75) is 38.8 Å². The summed E-state index contributed by atoms with van der Waals surface area (Å²) in [4.78, 5) is 39.2. The van der Waals surface area contributed by atoms with Crippen molar-refractivity contribution in [2.24, 2.45) is 0 Å². The fourth-order valence-corrected chi connectivity index (χ4v) is 4.51. The number of carboxylic acid groups (broad SMARTS) is 1. The first kappa shape index (κ1) is 26.6.